The third-order valence-electron chi connectivity index (χ3n) is 3.32. The number of rotatable bonds is 2. The molecule has 0 unspecified atom stereocenters. The highest BCUT2D eigenvalue weighted by atomic mass is 35.5. The van der Waals surface area contributed by atoms with E-state index in [1.54, 1.807) is 6.20 Å². The van der Waals surface area contributed by atoms with Crippen LogP contribution in [-0.2, 0) is 4.74 Å². The number of amides is 1. The van der Waals surface area contributed by atoms with Gasteiger partial charge in [0.1, 0.15) is 10.8 Å². The van der Waals surface area contributed by atoms with E-state index in [1.165, 1.54) is 0 Å². The lowest BCUT2D eigenvalue weighted by Gasteiger charge is -2.33. The zero-order valence-corrected chi connectivity index (χ0v) is 14.3. The minimum Gasteiger partial charge on any atom is -0.444 e. The number of aryl methyl sites for hydroxylation is 1. The number of nitrogens with one attached hydrogen (secondary N) is 1. The minimum atomic E-state index is -0.494. The number of piperidine rings is 1. The number of carbonyl (C=O) groups is 1. The molecule has 7 heteroatoms. The lowest BCUT2D eigenvalue weighted by molar-refractivity contribution is 0.0500. The third kappa shape index (κ3) is 4.73. The van der Waals surface area contributed by atoms with Crippen LogP contribution in [0.15, 0.2) is 6.20 Å². The molecule has 1 aromatic rings. The van der Waals surface area contributed by atoms with Gasteiger partial charge in [-0.05, 0) is 40.5 Å². The van der Waals surface area contributed by atoms with Crippen molar-refractivity contribution in [2.75, 3.05) is 18.0 Å². The van der Waals surface area contributed by atoms with Crippen molar-refractivity contribution in [1.29, 1.82) is 0 Å². The Kier molecular flexibility index (Phi) is 5.11. The minimum absolute atomic E-state index is 0.0206. The fourth-order valence-corrected chi connectivity index (χ4v) is 2.44. The van der Waals surface area contributed by atoms with E-state index in [9.17, 15) is 4.79 Å². The molecule has 0 aliphatic carbocycles. The van der Waals surface area contributed by atoms with Gasteiger partial charge >= 0.3 is 6.09 Å². The van der Waals surface area contributed by atoms with E-state index in [-0.39, 0.29) is 12.1 Å². The summed E-state index contributed by atoms with van der Waals surface area (Å²) < 4.78 is 5.30. The molecule has 1 fully saturated rings. The first-order valence-corrected chi connectivity index (χ1v) is 7.86. The average molecular weight is 327 g/mol. The summed E-state index contributed by atoms with van der Waals surface area (Å²) in [5, 5.41) is 3.37. The van der Waals surface area contributed by atoms with Gasteiger partial charge in [0.25, 0.3) is 0 Å². The van der Waals surface area contributed by atoms with E-state index in [0.717, 1.165) is 24.9 Å². The van der Waals surface area contributed by atoms with Crippen LogP contribution in [0.25, 0.3) is 0 Å². The zero-order valence-electron chi connectivity index (χ0n) is 13.5. The Labute approximate surface area is 136 Å². The predicted molar refractivity (Wildman–Crippen MR) is 86.4 cm³/mol. The van der Waals surface area contributed by atoms with Gasteiger partial charge in [0.05, 0.1) is 0 Å². The van der Waals surface area contributed by atoms with E-state index in [1.807, 2.05) is 32.6 Å². The fraction of sp³-hybridized carbons (Fsp3) is 0.667. The van der Waals surface area contributed by atoms with Crippen LogP contribution in [0.4, 0.5) is 10.7 Å². The summed E-state index contributed by atoms with van der Waals surface area (Å²) in [5.41, 5.74) is 0.359. The summed E-state index contributed by atoms with van der Waals surface area (Å²) in [4.78, 5) is 22.5. The number of anilines is 1. The molecule has 2 rings (SSSR count). The maximum absolute atomic E-state index is 11.9. The van der Waals surface area contributed by atoms with E-state index < -0.39 is 5.60 Å². The molecule has 122 valence electrons. The number of nitrogens with zero attached hydrogens (tertiary/aromatic N) is 3. The summed E-state index contributed by atoms with van der Waals surface area (Å²) >= 11 is 6.06. The molecule has 1 aliphatic heterocycles. The van der Waals surface area contributed by atoms with E-state index in [4.69, 9.17) is 16.3 Å². The average Bonchev–Trinajstić information content (AvgIpc) is 2.40. The largest absolute Gasteiger partial charge is 0.444 e. The highest BCUT2D eigenvalue weighted by molar-refractivity contribution is 6.30. The molecule has 1 saturated heterocycles. The molecule has 6 nitrogen and oxygen atoms in total. The van der Waals surface area contributed by atoms with Crippen LogP contribution >= 0.6 is 11.6 Å². The fourth-order valence-electron chi connectivity index (χ4n) is 2.32. The van der Waals surface area contributed by atoms with Crippen molar-refractivity contribution in [3.63, 3.8) is 0 Å². The van der Waals surface area contributed by atoms with Crippen molar-refractivity contribution >= 4 is 23.6 Å². The van der Waals surface area contributed by atoms with Gasteiger partial charge in [0, 0.05) is 30.9 Å². The van der Waals surface area contributed by atoms with Crippen molar-refractivity contribution in [1.82, 2.24) is 15.3 Å². The van der Waals surface area contributed by atoms with Crippen molar-refractivity contribution in [3.05, 3.63) is 16.9 Å². The van der Waals surface area contributed by atoms with Gasteiger partial charge in [-0.15, -0.1) is 0 Å². The number of carbonyl (C=O) groups excluding carboxylic acids is 1. The number of ether oxygens (including phenoxy) is 1. The molecule has 0 bridgehead atoms. The number of aromatic nitrogens is 2. The van der Waals surface area contributed by atoms with Gasteiger partial charge in [0.15, 0.2) is 0 Å². The summed E-state index contributed by atoms with van der Waals surface area (Å²) in [6, 6.07) is 0.0206. The Morgan fingerprint density at radius 1 is 1.50 bits per heavy atom. The smallest absolute Gasteiger partial charge is 0.407 e. The SMILES string of the molecule is Cc1cnc(N2CCC[C@H](NC(=O)OC(C)(C)C)C2)nc1Cl. The molecule has 2 heterocycles. The second-order valence-corrected chi connectivity index (χ2v) is 6.93. The van der Waals surface area contributed by atoms with E-state index in [0.29, 0.717) is 17.6 Å². The van der Waals surface area contributed by atoms with Crippen LogP contribution in [0.5, 0.6) is 0 Å². The second kappa shape index (κ2) is 6.69. The molecule has 0 spiro atoms. The lowest BCUT2D eigenvalue weighted by atomic mass is 10.1. The molecule has 1 amide bonds. The van der Waals surface area contributed by atoms with Gasteiger partial charge in [-0.3, -0.25) is 0 Å². The second-order valence-electron chi connectivity index (χ2n) is 6.58. The predicted octanol–water partition coefficient (Wildman–Crippen LogP) is 2.93. The van der Waals surface area contributed by atoms with E-state index >= 15 is 0 Å². The summed E-state index contributed by atoms with van der Waals surface area (Å²) in [6.07, 6.45) is 3.20. The van der Waals surface area contributed by atoms with Gasteiger partial charge in [-0.1, -0.05) is 11.6 Å². The number of halogens is 1. The quantitative estimate of drug-likeness (QED) is 0.846. The first kappa shape index (κ1) is 16.8. The Morgan fingerprint density at radius 2 is 2.23 bits per heavy atom. The molecular formula is C15H23ClN4O2. The van der Waals surface area contributed by atoms with Gasteiger partial charge in [0.2, 0.25) is 5.95 Å². The van der Waals surface area contributed by atoms with Crippen molar-refractivity contribution in [2.24, 2.45) is 0 Å². The molecule has 22 heavy (non-hydrogen) atoms. The molecule has 1 atom stereocenters. The van der Waals surface area contributed by atoms with Crippen LogP contribution in [-0.4, -0.2) is 40.8 Å². The lowest BCUT2D eigenvalue weighted by Crippen LogP contribution is -2.49. The Hall–Kier alpha value is -1.56. The number of hydrogen-bond acceptors (Lipinski definition) is 5. The Bertz CT molecular complexity index is 545. The molecule has 1 aliphatic rings. The van der Waals surface area contributed by atoms with Crippen LogP contribution in [0.1, 0.15) is 39.2 Å². The van der Waals surface area contributed by atoms with Crippen LogP contribution in [0.2, 0.25) is 5.15 Å². The normalized spacial score (nSPS) is 19.0. The monoisotopic (exact) mass is 326 g/mol. The number of hydrogen-bond donors (Lipinski definition) is 1. The molecule has 0 aromatic carbocycles. The van der Waals surface area contributed by atoms with Gasteiger partial charge in [-0.2, -0.15) is 0 Å². The first-order valence-electron chi connectivity index (χ1n) is 7.48. The summed E-state index contributed by atoms with van der Waals surface area (Å²) in [5.74, 6) is 0.603. The zero-order chi connectivity index (χ0) is 16.3. The maximum atomic E-state index is 11.9. The van der Waals surface area contributed by atoms with E-state index in [2.05, 4.69) is 15.3 Å². The Balaban J connectivity index is 1.96. The molecule has 1 N–H and O–H groups in total. The molecular weight excluding hydrogens is 304 g/mol. The topological polar surface area (TPSA) is 67.4 Å². The van der Waals surface area contributed by atoms with Crippen molar-refractivity contribution < 1.29 is 9.53 Å². The highest BCUT2D eigenvalue weighted by Crippen LogP contribution is 2.19. The summed E-state index contributed by atoms with van der Waals surface area (Å²) in [6.45, 7) is 8.92. The van der Waals surface area contributed by atoms with Crippen LogP contribution in [0, 0.1) is 6.92 Å². The summed E-state index contributed by atoms with van der Waals surface area (Å²) in [7, 11) is 0. The van der Waals surface area contributed by atoms with Gasteiger partial charge < -0.3 is 15.0 Å². The third-order valence-corrected chi connectivity index (χ3v) is 3.70. The highest BCUT2D eigenvalue weighted by Gasteiger charge is 2.25. The van der Waals surface area contributed by atoms with Crippen molar-refractivity contribution in [2.45, 2.75) is 52.2 Å². The molecule has 0 radical (unpaired) electrons. The molecule has 0 saturated carbocycles. The maximum Gasteiger partial charge on any atom is 0.407 e. The standard InChI is InChI=1S/C15H23ClN4O2/c1-10-8-17-13(19-12(10)16)20-7-5-6-11(9-20)18-14(21)22-15(2,3)4/h8,11H,5-7,9H2,1-4H3,(H,18,21)/t11-/m0/s1. The van der Waals surface area contributed by atoms with Crippen LogP contribution in [0.3, 0.4) is 0 Å². The first-order chi connectivity index (χ1) is 10.2. The Morgan fingerprint density at radius 3 is 2.86 bits per heavy atom. The van der Waals surface area contributed by atoms with Crippen molar-refractivity contribution in [3.8, 4) is 0 Å². The number of alkyl carbamates (subject to hydrolysis) is 1. The molecule has 1 aromatic heterocycles. The van der Waals surface area contributed by atoms with Crippen LogP contribution < -0.4 is 10.2 Å². The van der Waals surface area contributed by atoms with Gasteiger partial charge in [-0.25, -0.2) is 14.8 Å².